The van der Waals surface area contributed by atoms with Crippen molar-refractivity contribution in [3.8, 4) is 0 Å². The molecule has 2 N–H and O–H groups in total. The van der Waals surface area contributed by atoms with Crippen LogP contribution in [0.2, 0.25) is 0 Å². The molecule has 94 valence electrons. The normalized spacial score (nSPS) is 28.2. The van der Waals surface area contributed by atoms with Gasteiger partial charge in [0.15, 0.2) is 0 Å². The van der Waals surface area contributed by atoms with Gasteiger partial charge >= 0.3 is 0 Å². The smallest absolute Gasteiger partial charge is 0.226 e. The van der Waals surface area contributed by atoms with Crippen molar-refractivity contribution >= 4 is 18.3 Å². The van der Waals surface area contributed by atoms with Gasteiger partial charge in [-0.25, -0.2) is 0 Å². The molecule has 0 spiro atoms. The summed E-state index contributed by atoms with van der Waals surface area (Å²) in [5.41, 5.74) is -0.0720. The van der Waals surface area contributed by atoms with Gasteiger partial charge in [0.1, 0.15) is 0 Å². The average molecular weight is 247 g/mol. The van der Waals surface area contributed by atoms with Crippen LogP contribution in [0.25, 0.3) is 0 Å². The van der Waals surface area contributed by atoms with Crippen LogP contribution in [-0.2, 0) is 4.79 Å². The van der Waals surface area contributed by atoms with Crippen LogP contribution in [0.4, 0.5) is 0 Å². The molecule has 0 bridgehead atoms. The van der Waals surface area contributed by atoms with Gasteiger partial charge in [-0.1, -0.05) is 19.8 Å². The second-order valence-corrected chi connectivity index (χ2v) is 5.28. The number of piperidine rings is 1. The van der Waals surface area contributed by atoms with E-state index in [0.29, 0.717) is 6.04 Å². The Labute approximate surface area is 104 Å². The van der Waals surface area contributed by atoms with E-state index in [0.717, 1.165) is 32.4 Å². The third kappa shape index (κ3) is 3.11. The molecular weight excluding hydrogens is 224 g/mol. The summed E-state index contributed by atoms with van der Waals surface area (Å²) in [6, 6.07) is 0.365. The lowest BCUT2D eigenvalue weighted by molar-refractivity contribution is -0.130. The number of carbonyl (C=O) groups excluding carboxylic acids is 1. The standard InChI is InChI=1S/C12H22N2O.ClH/c1-12(6-2-3-7-12)11(15)14-10-5-4-8-13-9-10;/h10,13H,2-9H2,1H3,(H,14,15);1H. The molecule has 1 amide bonds. The summed E-state index contributed by atoms with van der Waals surface area (Å²) in [6.07, 6.45) is 6.88. The maximum absolute atomic E-state index is 12.1. The highest BCUT2D eigenvalue weighted by Crippen LogP contribution is 2.37. The van der Waals surface area contributed by atoms with E-state index in [1.807, 2.05) is 0 Å². The highest BCUT2D eigenvalue weighted by Gasteiger charge is 2.36. The molecule has 0 aromatic rings. The number of rotatable bonds is 2. The largest absolute Gasteiger partial charge is 0.352 e. The van der Waals surface area contributed by atoms with Crippen LogP contribution in [-0.4, -0.2) is 25.0 Å². The van der Waals surface area contributed by atoms with E-state index in [2.05, 4.69) is 17.6 Å². The Balaban J connectivity index is 0.00000128. The minimum absolute atomic E-state index is 0. The SMILES string of the molecule is CC1(C(=O)NC2CCCNC2)CCCC1.Cl. The molecule has 2 rings (SSSR count). The van der Waals surface area contributed by atoms with Crippen molar-refractivity contribution in [1.29, 1.82) is 0 Å². The van der Waals surface area contributed by atoms with Crippen molar-refractivity contribution in [3.05, 3.63) is 0 Å². The number of carbonyl (C=O) groups is 1. The number of hydrogen-bond donors (Lipinski definition) is 2. The van der Waals surface area contributed by atoms with Gasteiger partial charge in [-0.2, -0.15) is 0 Å². The van der Waals surface area contributed by atoms with Crippen LogP contribution in [0.1, 0.15) is 45.4 Å². The monoisotopic (exact) mass is 246 g/mol. The fourth-order valence-corrected chi connectivity index (χ4v) is 2.72. The summed E-state index contributed by atoms with van der Waals surface area (Å²) in [5.74, 6) is 0.286. The summed E-state index contributed by atoms with van der Waals surface area (Å²) in [6.45, 7) is 4.16. The first-order valence-corrected chi connectivity index (χ1v) is 6.22. The third-order valence-corrected chi connectivity index (χ3v) is 3.89. The zero-order valence-corrected chi connectivity index (χ0v) is 10.9. The van der Waals surface area contributed by atoms with Crippen molar-refractivity contribution in [2.24, 2.45) is 5.41 Å². The van der Waals surface area contributed by atoms with E-state index in [4.69, 9.17) is 0 Å². The zero-order valence-electron chi connectivity index (χ0n) is 10.1. The first-order valence-electron chi connectivity index (χ1n) is 6.22. The molecule has 16 heavy (non-hydrogen) atoms. The van der Waals surface area contributed by atoms with Gasteiger partial charge in [-0.05, 0) is 32.2 Å². The predicted molar refractivity (Wildman–Crippen MR) is 67.9 cm³/mol. The molecule has 0 radical (unpaired) electrons. The van der Waals surface area contributed by atoms with Crippen molar-refractivity contribution in [3.63, 3.8) is 0 Å². The van der Waals surface area contributed by atoms with E-state index in [1.54, 1.807) is 0 Å². The van der Waals surface area contributed by atoms with Crippen LogP contribution in [0.3, 0.4) is 0 Å². The average Bonchev–Trinajstić information content (AvgIpc) is 2.68. The number of hydrogen-bond acceptors (Lipinski definition) is 2. The van der Waals surface area contributed by atoms with E-state index < -0.39 is 0 Å². The van der Waals surface area contributed by atoms with Gasteiger partial charge in [0.05, 0.1) is 0 Å². The molecule has 1 aliphatic carbocycles. The molecule has 0 aromatic carbocycles. The van der Waals surface area contributed by atoms with Crippen molar-refractivity contribution in [2.45, 2.75) is 51.5 Å². The van der Waals surface area contributed by atoms with Gasteiger partial charge in [0.25, 0.3) is 0 Å². The van der Waals surface area contributed by atoms with Crippen LogP contribution >= 0.6 is 12.4 Å². The van der Waals surface area contributed by atoms with Crippen molar-refractivity contribution < 1.29 is 4.79 Å². The summed E-state index contributed by atoms with van der Waals surface area (Å²) in [5, 5.41) is 6.53. The minimum Gasteiger partial charge on any atom is -0.352 e. The predicted octanol–water partition coefficient (Wildman–Crippen LogP) is 1.86. The third-order valence-electron chi connectivity index (χ3n) is 3.89. The molecule has 0 aromatic heterocycles. The summed E-state index contributed by atoms with van der Waals surface area (Å²) in [4.78, 5) is 12.1. The molecule has 1 saturated carbocycles. The minimum atomic E-state index is -0.0720. The fraction of sp³-hybridized carbons (Fsp3) is 0.917. The molecule has 1 heterocycles. The first-order chi connectivity index (χ1) is 7.21. The Bertz CT molecular complexity index is 233. The molecule has 1 atom stereocenters. The molecule has 1 unspecified atom stereocenters. The molecule has 4 heteroatoms. The van der Waals surface area contributed by atoms with E-state index in [9.17, 15) is 4.79 Å². The second-order valence-electron chi connectivity index (χ2n) is 5.28. The molecule has 1 saturated heterocycles. The molecule has 2 fully saturated rings. The lowest BCUT2D eigenvalue weighted by Gasteiger charge is -2.29. The van der Waals surface area contributed by atoms with Gasteiger partial charge in [0.2, 0.25) is 5.91 Å². The molecule has 1 aliphatic heterocycles. The molecule has 2 aliphatic rings. The van der Waals surface area contributed by atoms with Gasteiger partial charge in [-0.3, -0.25) is 4.79 Å². The van der Waals surface area contributed by atoms with Crippen LogP contribution < -0.4 is 10.6 Å². The Kier molecular flexibility index (Phi) is 5.06. The lowest BCUT2D eigenvalue weighted by atomic mass is 9.87. The van der Waals surface area contributed by atoms with E-state index in [1.165, 1.54) is 19.3 Å². The highest BCUT2D eigenvalue weighted by molar-refractivity contribution is 5.85. The Morgan fingerprint density at radius 1 is 1.31 bits per heavy atom. The maximum atomic E-state index is 12.1. The summed E-state index contributed by atoms with van der Waals surface area (Å²) in [7, 11) is 0. The van der Waals surface area contributed by atoms with Gasteiger partial charge in [0, 0.05) is 18.0 Å². The highest BCUT2D eigenvalue weighted by atomic mass is 35.5. The molecular formula is C12H23ClN2O. The quantitative estimate of drug-likeness (QED) is 0.781. The van der Waals surface area contributed by atoms with Gasteiger partial charge < -0.3 is 10.6 Å². The summed E-state index contributed by atoms with van der Waals surface area (Å²) < 4.78 is 0. The topological polar surface area (TPSA) is 41.1 Å². The lowest BCUT2D eigenvalue weighted by Crippen LogP contribution is -2.49. The first kappa shape index (κ1) is 13.8. The van der Waals surface area contributed by atoms with Crippen molar-refractivity contribution in [2.75, 3.05) is 13.1 Å². The van der Waals surface area contributed by atoms with Crippen LogP contribution in [0.5, 0.6) is 0 Å². The van der Waals surface area contributed by atoms with Gasteiger partial charge in [-0.15, -0.1) is 12.4 Å². The van der Waals surface area contributed by atoms with Crippen LogP contribution in [0, 0.1) is 5.41 Å². The van der Waals surface area contributed by atoms with Crippen molar-refractivity contribution in [1.82, 2.24) is 10.6 Å². The fourth-order valence-electron chi connectivity index (χ4n) is 2.72. The van der Waals surface area contributed by atoms with E-state index in [-0.39, 0.29) is 23.7 Å². The second kappa shape index (κ2) is 5.87. The number of amides is 1. The number of halogens is 1. The number of nitrogens with one attached hydrogen (secondary N) is 2. The van der Waals surface area contributed by atoms with E-state index >= 15 is 0 Å². The molecule has 3 nitrogen and oxygen atoms in total. The Morgan fingerprint density at radius 3 is 2.56 bits per heavy atom. The summed E-state index contributed by atoms with van der Waals surface area (Å²) >= 11 is 0. The Hall–Kier alpha value is -0.280. The maximum Gasteiger partial charge on any atom is 0.226 e. The van der Waals surface area contributed by atoms with Crippen LogP contribution in [0.15, 0.2) is 0 Å². The zero-order chi connectivity index (χ0) is 10.7. The Morgan fingerprint density at radius 2 is 2.00 bits per heavy atom.